The molecule has 3 N–H and O–H groups in total. The zero-order valence-electron chi connectivity index (χ0n) is 16.1. The van der Waals surface area contributed by atoms with Crippen LogP contribution < -0.4 is 10.6 Å². The number of carbonyl (C=O) groups is 3. The fraction of sp³-hybridized carbons (Fsp3) is 0.500. The standard InChI is InChI=1S/C18H25N5O5/c1-18(2,3)28-17(27)20-11-5-4-6-14(16(25)26)21-15(24)12-7-9-13(10-8-12)22-23-19/h7-10,14H,4-6,11H2,1-3H3,(H,20,27)(H,21,24)(H,25,26). The van der Waals surface area contributed by atoms with E-state index in [9.17, 15) is 19.5 Å². The van der Waals surface area contributed by atoms with Gasteiger partial charge in [0.05, 0.1) is 0 Å². The lowest BCUT2D eigenvalue weighted by Crippen LogP contribution is -2.40. The van der Waals surface area contributed by atoms with E-state index in [1.54, 1.807) is 20.8 Å². The lowest BCUT2D eigenvalue weighted by molar-refractivity contribution is -0.139. The number of hydrogen-bond donors (Lipinski definition) is 3. The maximum absolute atomic E-state index is 12.2. The van der Waals surface area contributed by atoms with Crippen LogP contribution >= 0.6 is 0 Å². The number of alkyl carbamates (subject to hydrolysis) is 1. The number of unbranched alkanes of at least 4 members (excludes halogenated alkanes) is 1. The third kappa shape index (κ3) is 8.91. The molecule has 1 atom stereocenters. The Bertz CT molecular complexity index is 736. The van der Waals surface area contributed by atoms with Crippen LogP contribution in [-0.4, -0.2) is 41.3 Å². The molecule has 152 valence electrons. The number of azide groups is 1. The van der Waals surface area contributed by atoms with Gasteiger partial charge in [-0.25, -0.2) is 9.59 Å². The van der Waals surface area contributed by atoms with Crippen LogP contribution in [0.3, 0.4) is 0 Å². The van der Waals surface area contributed by atoms with Crippen molar-refractivity contribution in [2.45, 2.75) is 51.7 Å². The molecular weight excluding hydrogens is 366 g/mol. The van der Waals surface area contributed by atoms with E-state index in [-0.39, 0.29) is 12.0 Å². The van der Waals surface area contributed by atoms with Gasteiger partial charge in [-0.3, -0.25) is 4.79 Å². The summed E-state index contributed by atoms with van der Waals surface area (Å²) in [7, 11) is 0. The van der Waals surface area contributed by atoms with Crippen LogP contribution in [0, 0.1) is 0 Å². The van der Waals surface area contributed by atoms with E-state index in [0.29, 0.717) is 25.1 Å². The van der Waals surface area contributed by atoms with Gasteiger partial charge in [0.2, 0.25) is 0 Å². The average Bonchev–Trinajstić information content (AvgIpc) is 2.59. The zero-order valence-corrected chi connectivity index (χ0v) is 16.1. The van der Waals surface area contributed by atoms with Gasteiger partial charge in [-0.2, -0.15) is 0 Å². The third-order valence-corrected chi connectivity index (χ3v) is 3.48. The van der Waals surface area contributed by atoms with Crippen LogP contribution in [0.2, 0.25) is 0 Å². The first-order chi connectivity index (χ1) is 13.1. The molecule has 0 spiro atoms. The lowest BCUT2D eigenvalue weighted by Gasteiger charge is -2.19. The fourth-order valence-corrected chi connectivity index (χ4v) is 2.21. The van der Waals surface area contributed by atoms with E-state index >= 15 is 0 Å². The van der Waals surface area contributed by atoms with Gasteiger partial charge in [-0.05, 0) is 57.7 Å². The second-order valence-corrected chi connectivity index (χ2v) is 7.03. The molecule has 2 amide bonds. The Labute approximate surface area is 162 Å². The minimum absolute atomic E-state index is 0.216. The molecule has 0 aliphatic rings. The number of nitrogens with one attached hydrogen (secondary N) is 2. The lowest BCUT2D eigenvalue weighted by atomic mass is 10.1. The molecule has 1 aromatic rings. The van der Waals surface area contributed by atoms with Gasteiger partial charge in [0, 0.05) is 22.7 Å². The highest BCUT2D eigenvalue weighted by molar-refractivity contribution is 5.96. The highest BCUT2D eigenvalue weighted by atomic mass is 16.6. The molecule has 0 aliphatic carbocycles. The molecule has 0 radical (unpaired) electrons. The number of benzene rings is 1. The first kappa shape index (κ1) is 22.8. The van der Waals surface area contributed by atoms with E-state index in [1.807, 2.05) is 0 Å². The predicted molar refractivity (Wildman–Crippen MR) is 102 cm³/mol. The molecule has 0 heterocycles. The quantitative estimate of drug-likeness (QED) is 0.254. The number of carboxylic acid groups (broad SMARTS) is 1. The van der Waals surface area contributed by atoms with Crippen molar-refractivity contribution in [2.75, 3.05) is 6.54 Å². The van der Waals surface area contributed by atoms with E-state index in [0.717, 1.165) is 0 Å². The van der Waals surface area contributed by atoms with Crippen LogP contribution in [0.15, 0.2) is 29.4 Å². The molecule has 1 unspecified atom stereocenters. The average molecular weight is 391 g/mol. The van der Waals surface area contributed by atoms with Gasteiger partial charge in [-0.1, -0.05) is 17.2 Å². The first-order valence-electron chi connectivity index (χ1n) is 8.78. The van der Waals surface area contributed by atoms with Crippen molar-refractivity contribution in [1.82, 2.24) is 10.6 Å². The number of rotatable bonds is 9. The summed E-state index contributed by atoms with van der Waals surface area (Å²) in [6, 6.07) is 4.77. The summed E-state index contributed by atoms with van der Waals surface area (Å²) in [5, 5.41) is 17.8. The number of nitrogens with zero attached hydrogens (tertiary/aromatic N) is 3. The molecule has 0 aliphatic heterocycles. The zero-order chi connectivity index (χ0) is 21.2. The number of aliphatic carboxylic acids is 1. The number of amides is 2. The first-order valence-corrected chi connectivity index (χ1v) is 8.78. The van der Waals surface area contributed by atoms with Gasteiger partial charge in [-0.15, -0.1) is 0 Å². The Morgan fingerprint density at radius 2 is 1.86 bits per heavy atom. The topological polar surface area (TPSA) is 153 Å². The second-order valence-electron chi connectivity index (χ2n) is 7.03. The second kappa shape index (κ2) is 10.8. The Kier molecular flexibility index (Phi) is 8.77. The van der Waals surface area contributed by atoms with Crippen molar-refractivity contribution in [1.29, 1.82) is 0 Å². The van der Waals surface area contributed by atoms with Gasteiger partial charge < -0.3 is 20.5 Å². The normalized spacial score (nSPS) is 11.7. The summed E-state index contributed by atoms with van der Waals surface area (Å²) in [5.74, 6) is -1.68. The van der Waals surface area contributed by atoms with Gasteiger partial charge in [0.1, 0.15) is 11.6 Å². The molecule has 0 saturated heterocycles. The number of ether oxygens (including phenoxy) is 1. The van der Waals surface area contributed by atoms with Crippen LogP contribution in [0.4, 0.5) is 10.5 Å². The molecule has 28 heavy (non-hydrogen) atoms. The summed E-state index contributed by atoms with van der Waals surface area (Å²) in [6.07, 6.45) is 0.719. The smallest absolute Gasteiger partial charge is 0.407 e. The Morgan fingerprint density at radius 1 is 1.21 bits per heavy atom. The molecule has 0 fully saturated rings. The predicted octanol–water partition coefficient (Wildman–Crippen LogP) is 3.51. The molecular formula is C18H25N5O5. The number of hydrogen-bond acceptors (Lipinski definition) is 5. The maximum Gasteiger partial charge on any atom is 0.407 e. The highest BCUT2D eigenvalue weighted by Gasteiger charge is 2.20. The number of carboxylic acids is 1. The molecule has 0 bridgehead atoms. The summed E-state index contributed by atoms with van der Waals surface area (Å²) in [6.45, 7) is 5.63. The Morgan fingerprint density at radius 3 is 2.39 bits per heavy atom. The largest absolute Gasteiger partial charge is 0.480 e. The van der Waals surface area contributed by atoms with Crippen molar-refractivity contribution in [2.24, 2.45) is 5.11 Å². The minimum Gasteiger partial charge on any atom is -0.480 e. The van der Waals surface area contributed by atoms with E-state index in [2.05, 4.69) is 20.7 Å². The highest BCUT2D eigenvalue weighted by Crippen LogP contribution is 2.13. The summed E-state index contributed by atoms with van der Waals surface area (Å²) in [4.78, 5) is 37.7. The molecule has 10 heteroatoms. The minimum atomic E-state index is -1.14. The van der Waals surface area contributed by atoms with E-state index in [4.69, 9.17) is 10.3 Å². The number of carbonyl (C=O) groups excluding carboxylic acids is 2. The van der Waals surface area contributed by atoms with Crippen LogP contribution in [-0.2, 0) is 9.53 Å². The summed E-state index contributed by atoms with van der Waals surface area (Å²) in [5.41, 5.74) is 8.39. The van der Waals surface area contributed by atoms with Crippen molar-refractivity contribution in [3.63, 3.8) is 0 Å². The molecule has 10 nitrogen and oxygen atoms in total. The van der Waals surface area contributed by atoms with Crippen molar-refractivity contribution in [3.05, 3.63) is 40.3 Å². The van der Waals surface area contributed by atoms with E-state index < -0.39 is 29.6 Å². The Hall–Kier alpha value is -3.26. The third-order valence-electron chi connectivity index (χ3n) is 3.48. The molecule has 1 rings (SSSR count). The van der Waals surface area contributed by atoms with Crippen LogP contribution in [0.5, 0.6) is 0 Å². The monoisotopic (exact) mass is 391 g/mol. The van der Waals surface area contributed by atoms with Crippen LogP contribution in [0.25, 0.3) is 10.4 Å². The maximum atomic E-state index is 12.2. The fourth-order valence-electron chi connectivity index (χ4n) is 2.21. The summed E-state index contributed by atoms with van der Waals surface area (Å²) >= 11 is 0. The van der Waals surface area contributed by atoms with Crippen LogP contribution in [0.1, 0.15) is 50.4 Å². The van der Waals surface area contributed by atoms with E-state index in [1.165, 1.54) is 24.3 Å². The van der Waals surface area contributed by atoms with Gasteiger partial charge >= 0.3 is 12.1 Å². The SMILES string of the molecule is CC(C)(C)OC(=O)NCCCCC(NC(=O)c1ccc(N=[N+]=[N-])cc1)C(=O)O. The van der Waals surface area contributed by atoms with Crippen molar-refractivity contribution >= 4 is 23.7 Å². The van der Waals surface area contributed by atoms with Crippen molar-refractivity contribution in [3.8, 4) is 0 Å². The molecule has 1 aromatic carbocycles. The van der Waals surface area contributed by atoms with Gasteiger partial charge in [0.25, 0.3) is 5.91 Å². The van der Waals surface area contributed by atoms with Crippen molar-refractivity contribution < 1.29 is 24.2 Å². The van der Waals surface area contributed by atoms with Gasteiger partial charge in [0.15, 0.2) is 0 Å². The Balaban J connectivity index is 2.44. The molecule has 0 aromatic heterocycles. The molecule has 0 saturated carbocycles. The summed E-state index contributed by atoms with van der Waals surface area (Å²) < 4.78 is 5.10.